The van der Waals surface area contributed by atoms with E-state index in [0.717, 1.165) is 12.2 Å². The van der Waals surface area contributed by atoms with Crippen molar-refractivity contribution in [2.45, 2.75) is 25.4 Å². The molecule has 1 saturated heterocycles. The van der Waals surface area contributed by atoms with Gasteiger partial charge in [0.05, 0.1) is 0 Å². The highest BCUT2D eigenvalue weighted by Crippen LogP contribution is 2.13. The lowest BCUT2D eigenvalue weighted by Gasteiger charge is -2.12. The van der Waals surface area contributed by atoms with Crippen LogP contribution in [0.25, 0.3) is 0 Å². The molecule has 0 spiro atoms. The summed E-state index contributed by atoms with van der Waals surface area (Å²) in [6.07, 6.45) is 1.00. The van der Waals surface area contributed by atoms with E-state index in [4.69, 9.17) is 0 Å². The van der Waals surface area contributed by atoms with E-state index >= 15 is 0 Å². The smallest absolute Gasteiger partial charge is 0.246 e. The lowest BCUT2D eigenvalue weighted by molar-refractivity contribution is -0.122. The van der Waals surface area contributed by atoms with Gasteiger partial charge in [-0.1, -0.05) is 12.1 Å². The number of nitrogens with zero attached hydrogens (tertiary/aromatic N) is 1. The zero-order valence-electron chi connectivity index (χ0n) is 11.3. The molecule has 1 unspecified atom stereocenters. The van der Waals surface area contributed by atoms with Gasteiger partial charge in [-0.2, -0.15) is 0 Å². The van der Waals surface area contributed by atoms with Gasteiger partial charge in [0.15, 0.2) is 0 Å². The number of carbonyl (C=O) groups excluding carboxylic acids is 2. The van der Waals surface area contributed by atoms with Crippen LogP contribution in [0, 0.1) is 0 Å². The average molecular weight is 261 g/mol. The van der Waals surface area contributed by atoms with Gasteiger partial charge < -0.3 is 15.5 Å². The van der Waals surface area contributed by atoms with Crippen LogP contribution in [0.2, 0.25) is 0 Å². The third kappa shape index (κ3) is 3.79. The Morgan fingerprint density at radius 2 is 2.05 bits per heavy atom. The Balaban J connectivity index is 1.92. The maximum Gasteiger partial charge on any atom is 0.246 e. The number of anilines is 1. The summed E-state index contributed by atoms with van der Waals surface area (Å²) >= 11 is 0. The Morgan fingerprint density at radius 1 is 1.37 bits per heavy atom. The van der Waals surface area contributed by atoms with E-state index in [9.17, 15) is 9.59 Å². The fourth-order valence-electron chi connectivity index (χ4n) is 2.10. The van der Waals surface area contributed by atoms with Crippen molar-refractivity contribution in [1.82, 2.24) is 10.2 Å². The number of hydrogen-bond acceptors (Lipinski definition) is 3. The number of nitrogens with one attached hydrogen (secondary N) is 2. The maximum absolute atomic E-state index is 11.9. The molecule has 5 nitrogen and oxygen atoms in total. The highest BCUT2D eigenvalue weighted by molar-refractivity contribution is 5.98. The quantitative estimate of drug-likeness (QED) is 0.849. The van der Waals surface area contributed by atoms with Gasteiger partial charge in [-0.05, 0) is 38.2 Å². The molecule has 1 heterocycles. The van der Waals surface area contributed by atoms with Gasteiger partial charge in [0, 0.05) is 18.7 Å². The van der Waals surface area contributed by atoms with Crippen LogP contribution in [-0.4, -0.2) is 36.9 Å². The van der Waals surface area contributed by atoms with Crippen molar-refractivity contribution in [3.05, 3.63) is 29.8 Å². The molecule has 1 aromatic carbocycles. The number of benzene rings is 1. The first kappa shape index (κ1) is 13.5. The summed E-state index contributed by atoms with van der Waals surface area (Å²) in [6.45, 7) is 0.868. The topological polar surface area (TPSA) is 61.4 Å². The molecule has 102 valence electrons. The van der Waals surface area contributed by atoms with Crippen molar-refractivity contribution in [2.75, 3.05) is 19.4 Å². The maximum atomic E-state index is 11.9. The van der Waals surface area contributed by atoms with Gasteiger partial charge in [-0.3, -0.25) is 9.59 Å². The van der Waals surface area contributed by atoms with Crippen LogP contribution in [0.4, 0.5) is 5.69 Å². The molecule has 0 aromatic heterocycles. The first-order valence-electron chi connectivity index (χ1n) is 6.38. The molecule has 1 aliphatic rings. The third-order valence-electron chi connectivity index (χ3n) is 3.03. The summed E-state index contributed by atoms with van der Waals surface area (Å²) in [5, 5.41) is 5.47. The van der Waals surface area contributed by atoms with Gasteiger partial charge in [-0.25, -0.2) is 0 Å². The summed E-state index contributed by atoms with van der Waals surface area (Å²) in [7, 11) is 4.02. The summed E-state index contributed by atoms with van der Waals surface area (Å²) in [5.74, 6) is -0.201. The van der Waals surface area contributed by atoms with E-state index in [1.807, 2.05) is 38.4 Å². The molecule has 0 bridgehead atoms. The monoisotopic (exact) mass is 261 g/mol. The summed E-state index contributed by atoms with van der Waals surface area (Å²) in [4.78, 5) is 25.0. The van der Waals surface area contributed by atoms with Crippen LogP contribution >= 0.6 is 0 Å². The summed E-state index contributed by atoms with van der Waals surface area (Å²) < 4.78 is 0. The fourth-order valence-corrected chi connectivity index (χ4v) is 2.10. The first-order chi connectivity index (χ1) is 9.04. The molecular weight excluding hydrogens is 242 g/mol. The van der Waals surface area contributed by atoms with Gasteiger partial charge in [0.2, 0.25) is 11.8 Å². The highest BCUT2D eigenvalue weighted by Gasteiger charge is 2.26. The zero-order chi connectivity index (χ0) is 13.8. The first-order valence-corrected chi connectivity index (χ1v) is 6.38. The van der Waals surface area contributed by atoms with E-state index in [2.05, 4.69) is 15.5 Å². The van der Waals surface area contributed by atoms with Crippen molar-refractivity contribution in [1.29, 1.82) is 0 Å². The molecule has 1 aliphatic heterocycles. The van der Waals surface area contributed by atoms with Crippen LogP contribution < -0.4 is 10.6 Å². The van der Waals surface area contributed by atoms with Crippen LogP contribution in [0.3, 0.4) is 0 Å². The molecule has 5 heteroatoms. The van der Waals surface area contributed by atoms with Gasteiger partial charge >= 0.3 is 0 Å². The molecule has 0 radical (unpaired) electrons. The zero-order valence-corrected chi connectivity index (χ0v) is 11.3. The van der Waals surface area contributed by atoms with Crippen molar-refractivity contribution in [3.8, 4) is 0 Å². The molecule has 0 aliphatic carbocycles. The molecule has 2 rings (SSSR count). The number of rotatable bonds is 4. The second kappa shape index (κ2) is 5.84. The molecule has 1 fully saturated rings. The Morgan fingerprint density at radius 3 is 2.58 bits per heavy atom. The highest BCUT2D eigenvalue weighted by atomic mass is 16.2. The normalized spacial score (nSPS) is 18.5. The lowest BCUT2D eigenvalue weighted by atomic mass is 10.2. The van der Waals surface area contributed by atoms with Crippen molar-refractivity contribution >= 4 is 17.5 Å². The fraction of sp³-hybridized carbons (Fsp3) is 0.429. The summed E-state index contributed by atoms with van der Waals surface area (Å²) in [6, 6.07) is 7.35. The minimum Gasteiger partial charge on any atom is -0.344 e. The van der Waals surface area contributed by atoms with Gasteiger partial charge in [-0.15, -0.1) is 0 Å². The van der Waals surface area contributed by atoms with Crippen LogP contribution in [0.5, 0.6) is 0 Å². The van der Waals surface area contributed by atoms with Crippen LogP contribution in [0.15, 0.2) is 24.3 Å². The Hall–Kier alpha value is -1.88. The predicted octanol–water partition coefficient (Wildman–Crippen LogP) is 0.965. The van der Waals surface area contributed by atoms with E-state index in [-0.39, 0.29) is 11.8 Å². The largest absolute Gasteiger partial charge is 0.344 e. The molecule has 2 amide bonds. The molecule has 0 saturated carbocycles. The van der Waals surface area contributed by atoms with E-state index in [1.165, 1.54) is 5.56 Å². The Kier molecular flexibility index (Phi) is 4.16. The van der Waals surface area contributed by atoms with E-state index in [0.29, 0.717) is 12.8 Å². The van der Waals surface area contributed by atoms with Gasteiger partial charge in [0.1, 0.15) is 6.04 Å². The van der Waals surface area contributed by atoms with Gasteiger partial charge in [0.25, 0.3) is 0 Å². The van der Waals surface area contributed by atoms with E-state index in [1.54, 1.807) is 0 Å². The number of hydrogen-bond donors (Lipinski definition) is 2. The molecule has 2 N–H and O–H groups in total. The van der Waals surface area contributed by atoms with E-state index < -0.39 is 6.04 Å². The molecule has 19 heavy (non-hydrogen) atoms. The molecular formula is C14H19N3O2. The lowest BCUT2D eigenvalue weighted by Crippen LogP contribution is -2.37. The standard InChI is InChI=1S/C14H19N3O2/c1-17(2)9-10-3-5-11(6-4-10)15-14(19)12-7-8-13(18)16-12/h3-6,12H,7-9H2,1-2H3,(H,15,19)(H,16,18). The molecule has 1 aromatic rings. The minimum absolute atomic E-state index is 0.0542. The van der Waals surface area contributed by atoms with Crippen LogP contribution in [-0.2, 0) is 16.1 Å². The minimum atomic E-state index is -0.394. The van der Waals surface area contributed by atoms with Crippen molar-refractivity contribution < 1.29 is 9.59 Å². The van der Waals surface area contributed by atoms with Crippen molar-refractivity contribution in [3.63, 3.8) is 0 Å². The van der Waals surface area contributed by atoms with Crippen molar-refractivity contribution in [2.24, 2.45) is 0 Å². The second-order valence-electron chi connectivity index (χ2n) is 5.08. The number of amides is 2. The van der Waals surface area contributed by atoms with Crippen LogP contribution in [0.1, 0.15) is 18.4 Å². The summed E-state index contributed by atoms with van der Waals surface area (Å²) in [5.41, 5.74) is 1.95. The number of carbonyl (C=O) groups is 2. The average Bonchev–Trinajstić information content (AvgIpc) is 2.78. The predicted molar refractivity (Wildman–Crippen MR) is 73.6 cm³/mol. The molecule has 1 atom stereocenters. The third-order valence-corrected chi connectivity index (χ3v) is 3.03. The second-order valence-corrected chi connectivity index (χ2v) is 5.08. The Labute approximate surface area is 113 Å². The Bertz CT molecular complexity index is 468. The SMILES string of the molecule is CN(C)Cc1ccc(NC(=O)C2CCC(=O)N2)cc1.